The highest BCUT2D eigenvalue weighted by atomic mass is 35.5. The van der Waals surface area contributed by atoms with Gasteiger partial charge in [0.1, 0.15) is 0 Å². The van der Waals surface area contributed by atoms with Crippen LogP contribution in [0.15, 0.2) is 34.0 Å². The lowest BCUT2D eigenvalue weighted by Gasteiger charge is -2.16. The molecule has 0 unspecified atom stereocenters. The predicted molar refractivity (Wildman–Crippen MR) is 78.1 cm³/mol. The molecule has 0 spiro atoms. The molecule has 1 aromatic carbocycles. The van der Waals surface area contributed by atoms with E-state index in [1.165, 1.54) is 40.9 Å². The quantitative estimate of drug-likeness (QED) is 0.910. The maximum Gasteiger partial charge on any atom is 0.243 e. The first kappa shape index (κ1) is 15.4. The summed E-state index contributed by atoms with van der Waals surface area (Å²) in [6.07, 6.45) is 0. The smallest absolute Gasteiger partial charge is 0.243 e. The van der Waals surface area contributed by atoms with Crippen molar-refractivity contribution in [2.24, 2.45) is 0 Å². The first-order chi connectivity index (χ1) is 9.45. The van der Waals surface area contributed by atoms with Crippen LogP contribution in [0.3, 0.4) is 0 Å². The third-order valence-corrected chi connectivity index (χ3v) is 5.56. The van der Waals surface area contributed by atoms with E-state index in [2.05, 4.69) is 4.98 Å². The zero-order valence-corrected chi connectivity index (χ0v) is 13.0. The van der Waals surface area contributed by atoms with Crippen molar-refractivity contribution >= 4 is 33.0 Å². The van der Waals surface area contributed by atoms with E-state index in [-0.39, 0.29) is 23.1 Å². The first-order valence-corrected chi connectivity index (χ1v) is 8.44. The largest absolute Gasteiger partial charge is 0.392 e. The SMILES string of the molecule is CN(Cc1cscn1)S(=O)(=O)c1ccc(CO)c(Cl)c1. The van der Waals surface area contributed by atoms with Gasteiger partial charge in [0, 0.05) is 17.5 Å². The van der Waals surface area contributed by atoms with Gasteiger partial charge in [-0.05, 0) is 17.7 Å². The molecule has 1 heterocycles. The van der Waals surface area contributed by atoms with Gasteiger partial charge in [-0.25, -0.2) is 13.4 Å². The van der Waals surface area contributed by atoms with Crippen molar-refractivity contribution in [1.29, 1.82) is 0 Å². The number of aliphatic hydroxyl groups excluding tert-OH is 1. The van der Waals surface area contributed by atoms with Crippen LogP contribution < -0.4 is 0 Å². The Kier molecular flexibility index (Phi) is 4.77. The van der Waals surface area contributed by atoms with Gasteiger partial charge in [0.15, 0.2) is 0 Å². The Morgan fingerprint density at radius 3 is 2.75 bits per heavy atom. The zero-order valence-electron chi connectivity index (χ0n) is 10.7. The summed E-state index contributed by atoms with van der Waals surface area (Å²) in [5.74, 6) is 0. The van der Waals surface area contributed by atoms with Gasteiger partial charge in [-0.1, -0.05) is 17.7 Å². The molecule has 2 aromatic rings. The van der Waals surface area contributed by atoms with Crippen LogP contribution in [0, 0.1) is 0 Å². The Hall–Kier alpha value is -0.990. The fourth-order valence-corrected chi connectivity index (χ4v) is 3.65. The van der Waals surface area contributed by atoms with Crippen LogP contribution in [0.4, 0.5) is 0 Å². The number of thiazole rings is 1. The summed E-state index contributed by atoms with van der Waals surface area (Å²) < 4.78 is 26.0. The molecule has 0 saturated heterocycles. The van der Waals surface area contributed by atoms with Crippen molar-refractivity contribution in [3.8, 4) is 0 Å². The van der Waals surface area contributed by atoms with Crippen LogP contribution in [0.2, 0.25) is 5.02 Å². The summed E-state index contributed by atoms with van der Waals surface area (Å²) in [5.41, 5.74) is 2.84. The highest BCUT2D eigenvalue weighted by Crippen LogP contribution is 2.23. The number of aliphatic hydroxyl groups is 1. The lowest BCUT2D eigenvalue weighted by atomic mass is 10.2. The molecule has 0 aliphatic carbocycles. The van der Waals surface area contributed by atoms with Gasteiger partial charge in [0.05, 0.1) is 29.3 Å². The van der Waals surface area contributed by atoms with Crippen molar-refractivity contribution in [2.75, 3.05) is 7.05 Å². The molecule has 20 heavy (non-hydrogen) atoms. The molecular weight excluding hydrogens is 320 g/mol. The molecule has 0 atom stereocenters. The Morgan fingerprint density at radius 1 is 1.45 bits per heavy atom. The van der Waals surface area contributed by atoms with Gasteiger partial charge in [-0.3, -0.25) is 0 Å². The summed E-state index contributed by atoms with van der Waals surface area (Å²) in [4.78, 5) is 4.16. The number of rotatable bonds is 5. The average Bonchev–Trinajstić information content (AvgIpc) is 2.91. The summed E-state index contributed by atoms with van der Waals surface area (Å²) in [5, 5.41) is 11.1. The van der Waals surface area contributed by atoms with E-state index in [4.69, 9.17) is 16.7 Å². The van der Waals surface area contributed by atoms with E-state index in [0.29, 0.717) is 11.3 Å². The lowest BCUT2D eigenvalue weighted by molar-refractivity contribution is 0.282. The fourth-order valence-electron chi connectivity index (χ4n) is 1.63. The van der Waals surface area contributed by atoms with E-state index in [1.807, 2.05) is 0 Å². The topological polar surface area (TPSA) is 70.5 Å². The van der Waals surface area contributed by atoms with Crippen molar-refractivity contribution in [3.05, 3.63) is 45.4 Å². The number of halogens is 1. The zero-order chi connectivity index (χ0) is 14.8. The molecule has 5 nitrogen and oxygen atoms in total. The first-order valence-electron chi connectivity index (χ1n) is 5.68. The third kappa shape index (κ3) is 3.18. The standard InChI is InChI=1S/C12H13ClN2O3S2/c1-15(5-10-7-19-8-14-10)20(17,18)11-3-2-9(6-16)12(13)4-11/h2-4,7-8,16H,5-6H2,1H3. The molecule has 2 rings (SSSR count). The molecule has 0 amide bonds. The molecule has 0 aliphatic rings. The molecule has 108 valence electrons. The minimum absolute atomic E-state index is 0.0948. The summed E-state index contributed by atoms with van der Waals surface area (Å²) in [7, 11) is -2.14. The molecular formula is C12H13ClN2O3S2. The number of aromatic nitrogens is 1. The van der Waals surface area contributed by atoms with Gasteiger partial charge in [-0.15, -0.1) is 11.3 Å². The van der Waals surface area contributed by atoms with Crippen LogP contribution in [-0.2, 0) is 23.2 Å². The van der Waals surface area contributed by atoms with Crippen molar-refractivity contribution in [1.82, 2.24) is 9.29 Å². The van der Waals surface area contributed by atoms with Gasteiger partial charge < -0.3 is 5.11 Å². The van der Waals surface area contributed by atoms with E-state index in [0.717, 1.165) is 0 Å². The predicted octanol–water partition coefficient (Wildman–Crippen LogP) is 2.11. The maximum atomic E-state index is 12.4. The molecule has 0 radical (unpaired) electrons. The van der Waals surface area contributed by atoms with Gasteiger partial charge >= 0.3 is 0 Å². The number of hydrogen-bond donors (Lipinski definition) is 1. The van der Waals surface area contributed by atoms with Crippen molar-refractivity contribution in [2.45, 2.75) is 18.0 Å². The summed E-state index contributed by atoms with van der Waals surface area (Å²) in [6.45, 7) is -0.0287. The van der Waals surface area contributed by atoms with Crippen LogP contribution in [0.25, 0.3) is 0 Å². The molecule has 0 saturated carbocycles. The van der Waals surface area contributed by atoms with E-state index in [1.54, 1.807) is 10.9 Å². The van der Waals surface area contributed by atoms with Crippen LogP contribution >= 0.6 is 22.9 Å². The van der Waals surface area contributed by atoms with Gasteiger partial charge in [-0.2, -0.15) is 4.31 Å². The molecule has 1 aromatic heterocycles. The van der Waals surface area contributed by atoms with E-state index >= 15 is 0 Å². The molecule has 8 heteroatoms. The Bertz CT molecular complexity index is 687. The minimum atomic E-state index is -3.63. The number of hydrogen-bond acceptors (Lipinski definition) is 5. The van der Waals surface area contributed by atoms with Crippen LogP contribution in [0.1, 0.15) is 11.3 Å². The Balaban J connectivity index is 2.27. The average molecular weight is 333 g/mol. The molecule has 1 N–H and O–H groups in total. The summed E-state index contributed by atoms with van der Waals surface area (Å²) in [6, 6.07) is 4.29. The lowest BCUT2D eigenvalue weighted by Crippen LogP contribution is -2.26. The van der Waals surface area contributed by atoms with Crippen LogP contribution in [0.5, 0.6) is 0 Å². The second kappa shape index (κ2) is 6.19. The normalized spacial score (nSPS) is 12.0. The molecule has 0 bridgehead atoms. The van der Waals surface area contributed by atoms with E-state index < -0.39 is 10.0 Å². The van der Waals surface area contributed by atoms with E-state index in [9.17, 15) is 8.42 Å². The van der Waals surface area contributed by atoms with Crippen LogP contribution in [-0.4, -0.2) is 29.9 Å². The molecule has 0 aliphatic heterocycles. The monoisotopic (exact) mass is 332 g/mol. The highest BCUT2D eigenvalue weighted by molar-refractivity contribution is 7.89. The Morgan fingerprint density at radius 2 is 2.20 bits per heavy atom. The number of benzene rings is 1. The fraction of sp³-hybridized carbons (Fsp3) is 0.250. The highest BCUT2D eigenvalue weighted by Gasteiger charge is 2.22. The summed E-state index contributed by atoms with van der Waals surface area (Å²) >= 11 is 7.34. The third-order valence-electron chi connectivity index (χ3n) is 2.77. The second-order valence-corrected chi connectivity index (χ2v) is 7.32. The van der Waals surface area contributed by atoms with Crippen molar-refractivity contribution in [3.63, 3.8) is 0 Å². The van der Waals surface area contributed by atoms with Gasteiger partial charge in [0.25, 0.3) is 0 Å². The maximum absolute atomic E-state index is 12.4. The number of nitrogens with zero attached hydrogens (tertiary/aromatic N) is 2. The second-order valence-electron chi connectivity index (χ2n) is 4.15. The minimum Gasteiger partial charge on any atom is -0.392 e. The van der Waals surface area contributed by atoms with Crippen molar-refractivity contribution < 1.29 is 13.5 Å². The van der Waals surface area contributed by atoms with Gasteiger partial charge in [0.2, 0.25) is 10.0 Å². The Labute approximate surface area is 126 Å². The molecule has 0 fully saturated rings. The number of sulfonamides is 1.